The number of carbonyl (C=O) groups excluding carboxylic acids is 1. The first kappa shape index (κ1) is 14.3. The summed E-state index contributed by atoms with van der Waals surface area (Å²) in [5, 5.41) is 0. The van der Waals surface area contributed by atoms with Crippen LogP contribution in [0.2, 0.25) is 0 Å². The average molecular weight is 358 g/mol. The number of carbonyl (C=O) groups is 1. The van der Waals surface area contributed by atoms with Crippen molar-refractivity contribution in [3.63, 3.8) is 0 Å². The van der Waals surface area contributed by atoms with Gasteiger partial charge in [0.25, 0.3) is 0 Å². The molecule has 0 aliphatic carbocycles. The van der Waals surface area contributed by atoms with Crippen LogP contribution >= 0.6 is 22.6 Å². The van der Waals surface area contributed by atoms with E-state index in [9.17, 15) is 18.0 Å². The zero-order valence-corrected chi connectivity index (χ0v) is 11.3. The molecular formula is C11H10F3IO2. The standard InChI is InChI=1S/C11H10F3IO2/c1-3-17-10-7(6(2)16)4-5-8(9(10)15)11(12,13)14/h4-5H,3H2,1-2H3. The molecule has 0 aromatic heterocycles. The lowest BCUT2D eigenvalue weighted by Crippen LogP contribution is -2.11. The van der Waals surface area contributed by atoms with Gasteiger partial charge in [-0.2, -0.15) is 13.2 Å². The van der Waals surface area contributed by atoms with Crippen LogP contribution in [0, 0.1) is 3.57 Å². The highest BCUT2D eigenvalue weighted by Crippen LogP contribution is 2.38. The second-order valence-corrected chi connectivity index (χ2v) is 4.37. The third kappa shape index (κ3) is 3.11. The summed E-state index contributed by atoms with van der Waals surface area (Å²) >= 11 is 1.55. The summed E-state index contributed by atoms with van der Waals surface area (Å²) in [5.41, 5.74) is -0.615. The molecule has 2 nitrogen and oxygen atoms in total. The van der Waals surface area contributed by atoms with Gasteiger partial charge in [0, 0.05) is 0 Å². The number of rotatable bonds is 3. The van der Waals surface area contributed by atoms with Crippen LogP contribution in [0.3, 0.4) is 0 Å². The normalized spacial score (nSPS) is 11.4. The Bertz CT molecular complexity index is 441. The number of hydrogen-bond acceptors (Lipinski definition) is 2. The predicted molar refractivity (Wildman–Crippen MR) is 65.3 cm³/mol. The summed E-state index contributed by atoms with van der Waals surface area (Å²) < 4.78 is 43.0. The molecule has 0 fully saturated rings. The van der Waals surface area contributed by atoms with Crippen molar-refractivity contribution in [3.8, 4) is 5.75 Å². The van der Waals surface area contributed by atoms with E-state index in [1.165, 1.54) is 6.92 Å². The van der Waals surface area contributed by atoms with Crippen molar-refractivity contribution < 1.29 is 22.7 Å². The van der Waals surface area contributed by atoms with Crippen molar-refractivity contribution in [3.05, 3.63) is 26.8 Å². The second kappa shape index (κ2) is 5.24. The van der Waals surface area contributed by atoms with E-state index in [4.69, 9.17) is 4.74 Å². The van der Waals surface area contributed by atoms with Crippen LogP contribution in [0.25, 0.3) is 0 Å². The highest BCUT2D eigenvalue weighted by molar-refractivity contribution is 14.1. The van der Waals surface area contributed by atoms with Gasteiger partial charge in [0.1, 0.15) is 5.75 Å². The van der Waals surface area contributed by atoms with E-state index in [2.05, 4.69) is 0 Å². The molecule has 0 heterocycles. The molecule has 0 radical (unpaired) electrons. The largest absolute Gasteiger partial charge is 0.492 e. The molecule has 17 heavy (non-hydrogen) atoms. The molecule has 0 saturated heterocycles. The van der Waals surface area contributed by atoms with Crippen LogP contribution in [-0.2, 0) is 6.18 Å². The molecule has 0 spiro atoms. The molecule has 0 N–H and O–H groups in total. The smallest absolute Gasteiger partial charge is 0.417 e. The lowest BCUT2D eigenvalue weighted by atomic mass is 10.1. The van der Waals surface area contributed by atoms with E-state index in [0.717, 1.165) is 12.1 Å². The van der Waals surface area contributed by atoms with Crippen molar-refractivity contribution in [1.82, 2.24) is 0 Å². The molecule has 1 aromatic rings. The molecule has 0 amide bonds. The van der Waals surface area contributed by atoms with Gasteiger partial charge in [0.05, 0.1) is 21.3 Å². The van der Waals surface area contributed by atoms with Crippen molar-refractivity contribution in [2.45, 2.75) is 20.0 Å². The van der Waals surface area contributed by atoms with Crippen LogP contribution in [0.4, 0.5) is 13.2 Å². The maximum Gasteiger partial charge on any atom is 0.417 e. The fourth-order valence-corrected chi connectivity index (χ4v) is 2.27. The van der Waals surface area contributed by atoms with Gasteiger partial charge >= 0.3 is 6.18 Å². The van der Waals surface area contributed by atoms with Crippen molar-refractivity contribution in [2.75, 3.05) is 6.61 Å². The van der Waals surface area contributed by atoms with E-state index < -0.39 is 11.7 Å². The van der Waals surface area contributed by atoms with Crippen LogP contribution < -0.4 is 4.74 Å². The number of Topliss-reactive ketones (excluding diaryl/α,β-unsaturated/α-hetero) is 1. The molecule has 0 aliphatic rings. The molecular weight excluding hydrogens is 348 g/mol. The van der Waals surface area contributed by atoms with Gasteiger partial charge in [-0.05, 0) is 48.6 Å². The number of alkyl halides is 3. The zero-order valence-electron chi connectivity index (χ0n) is 9.19. The van der Waals surface area contributed by atoms with Crippen molar-refractivity contribution in [2.24, 2.45) is 0 Å². The lowest BCUT2D eigenvalue weighted by molar-refractivity contribution is -0.138. The van der Waals surface area contributed by atoms with E-state index in [1.807, 2.05) is 0 Å². The van der Waals surface area contributed by atoms with Gasteiger partial charge in [-0.3, -0.25) is 4.79 Å². The van der Waals surface area contributed by atoms with E-state index in [0.29, 0.717) is 0 Å². The maximum atomic E-state index is 12.7. The Morgan fingerprint density at radius 3 is 2.41 bits per heavy atom. The summed E-state index contributed by atoms with van der Waals surface area (Å²) in [6, 6.07) is 2.05. The topological polar surface area (TPSA) is 26.3 Å². The van der Waals surface area contributed by atoms with E-state index in [-0.39, 0.29) is 27.3 Å². The molecule has 0 unspecified atom stereocenters. The molecule has 0 saturated carbocycles. The summed E-state index contributed by atoms with van der Waals surface area (Å²) in [5.74, 6) is -0.310. The number of ketones is 1. The molecule has 1 aromatic carbocycles. The number of hydrogen-bond donors (Lipinski definition) is 0. The highest BCUT2D eigenvalue weighted by atomic mass is 127. The second-order valence-electron chi connectivity index (χ2n) is 3.29. The monoisotopic (exact) mass is 358 g/mol. The third-order valence-corrected chi connectivity index (χ3v) is 3.14. The van der Waals surface area contributed by atoms with Gasteiger partial charge < -0.3 is 4.74 Å². The highest BCUT2D eigenvalue weighted by Gasteiger charge is 2.35. The van der Waals surface area contributed by atoms with Crippen molar-refractivity contribution in [1.29, 1.82) is 0 Å². The minimum Gasteiger partial charge on any atom is -0.492 e. The van der Waals surface area contributed by atoms with Crippen LogP contribution in [0.5, 0.6) is 5.75 Å². The average Bonchev–Trinajstić information content (AvgIpc) is 2.18. The van der Waals surface area contributed by atoms with E-state index >= 15 is 0 Å². The summed E-state index contributed by atoms with van der Waals surface area (Å²) in [6.45, 7) is 3.15. The predicted octanol–water partition coefficient (Wildman–Crippen LogP) is 3.91. The first-order chi connectivity index (χ1) is 7.79. The molecule has 0 aliphatic heterocycles. The molecule has 94 valence electrons. The SMILES string of the molecule is CCOc1c(C(C)=O)ccc(C(F)(F)F)c1I. The van der Waals surface area contributed by atoms with Crippen LogP contribution in [0.1, 0.15) is 29.8 Å². The van der Waals surface area contributed by atoms with E-state index in [1.54, 1.807) is 29.5 Å². The zero-order chi connectivity index (χ0) is 13.2. The summed E-state index contributed by atoms with van der Waals surface area (Å²) in [4.78, 5) is 11.3. The molecule has 1 rings (SSSR count). The van der Waals surface area contributed by atoms with Crippen LogP contribution in [0.15, 0.2) is 12.1 Å². The fourth-order valence-electron chi connectivity index (χ4n) is 1.34. The summed E-state index contributed by atoms with van der Waals surface area (Å²) in [6.07, 6.45) is -4.45. The number of benzene rings is 1. The minimum absolute atomic E-state index is 0.00965. The third-order valence-electron chi connectivity index (χ3n) is 2.07. The number of ether oxygens (including phenoxy) is 1. The molecule has 6 heteroatoms. The maximum absolute atomic E-state index is 12.7. The fraction of sp³-hybridized carbons (Fsp3) is 0.364. The Kier molecular flexibility index (Phi) is 4.40. The van der Waals surface area contributed by atoms with Gasteiger partial charge in [-0.1, -0.05) is 0 Å². The van der Waals surface area contributed by atoms with Gasteiger partial charge in [0.15, 0.2) is 5.78 Å². The Labute approximate surface area is 110 Å². The van der Waals surface area contributed by atoms with Crippen molar-refractivity contribution >= 4 is 28.4 Å². The Morgan fingerprint density at radius 1 is 1.41 bits per heavy atom. The summed E-state index contributed by atoms with van der Waals surface area (Å²) in [7, 11) is 0. The Morgan fingerprint density at radius 2 is 2.00 bits per heavy atom. The lowest BCUT2D eigenvalue weighted by Gasteiger charge is -2.15. The number of halogens is 4. The van der Waals surface area contributed by atoms with Crippen LogP contribution in [-0.4, -0.2) is 12.4 Å². The minimum atomic E-state index is -4.45. The first-order valence-corrected chi connectivity index (χ1v) is 5.90. The van der Waals surface area contributed by atoms with Gasteiger partial charge in [-0.15, -0.1) is 0 Å². The van der Waals surface area contributed by atoms with Gasteiger partial charge in [-0.25, -0.2) is 0 Å². The first-order valence-electron chi connectivity index (χ1n) is 4.82. The Hall–Kier alpha value is -0.790. The quantitative estimate of drug-likeness (QED) is 0.605. The molecule has 0 bridgehead atoms. The van der Waals surface area contributed by atoms with Gasteiger partial charge in [0.2, 0.25) is 0 Å². The Balaban J connectivity index is 3.43. The molecule has 0 atom stereocenters.